The Hall–Kier alpha value is -1.98. The van der Waals surface area contributed by atoms with Crippen molar-refractivity contribution in [3.63, 3.8) is 0 Å². The normalized spacial score (nSPS) is 24.8. The first-order valence-electron chi connectivity index (χ1n) is 9.82. The lowest BCUT2D eigenvalue weighted by atomic mass is 9.74. The van der Waals surface area contributed by atoms with Crippen molar-refractivity contribution in [1.82, 2.24) is 9.88 Å². The molecule has 0 saturated carbocycles. The topological polar surface area (TPSA) is 54.6 Å². The van der Waals surface area contributed by atoms with Crippen molar-refractivity contribution in [3.05, 3.63) is 47.4 Å². The minimum atomic E-state index is -0.276. The van der Waals surface area contributed by atoms with Crippen molar-refractivity contribution in [2.24, 2.45) is 11.8 Å². The van der Waals surface area contributed by atoms with Crippen LogP contribution in [0.1, 0.15) is 37.1 Å². The van der Waals surface area contributed by atoms with E-state index in [0.717, 1.165) is 32.4 Å². The largest absolute Gasteiger partial charge is 1.00 e. The third-order valence-corrected chi connectivity index (χ3v) is 6.37. The van der Waals surface area contributed by atoms with Crippen molar-refractivity contribution in [2.75, 3.05) is 27.3 Å². The van der Waals surface area contributed by atoms with Gasteiger partial charge in [0.1, 0.15) is 0 Å². The quantitative estimate of drug-likeness (QED) is 0.466. The minimum absolute atomic E-state index is 0. The molecule has 1 N–H and O–H groups in total. The Morgan fingerprint density at radius 2 is 2.11 bits per heavy atom. The van der Waals surface area contributed by atoms with E-state index in [9.17, 15) is 4.79 Å². The summed E-state index contributed by atoms with van der Waals surface area (Å²) in [6.45, 7) is 4.28. The molecule has 0 bridgehead atoms. The average molecular weight is 404 g/mol. The van der Waals surface area contributed by atoms with Crippen LogP contribution in [-0.2, 0) is 20.7 Å². The zero-order valence-corrected chi connectivity index (χ0v) is 17.5. The second-order valence-electron chi connectivity index (χ2n) is 7.63. The number of aromatic nitrogens is 1. The molecule has 1 fully saturated rings. The summed E-state index contributed by atoms with van der Waals surface area (Å²) in [4.78, 5) is 18.7. The van der Waals surface area contributed by atoms with E-state index >= 15 is 0 Å². The van der Waals surface area contributed by atoms with E-state index in [-0.39, 0.29) is 24.3 Å². The van der Waals surface area contributed by atoms with Gasteiger partial charge in [-0.2, -0.15) is 0 Å². The van der Waals surface area contributed by atoms with E-state index in [1.807, 2.05) is 0 Å². The molecule has 152 valence electrons. The van der Waals surface area contributed by atoms with E-state index in [4.69, 9.17) is 9.47 Å². The number of piperidine rings is 1. The first-order chi connectivity index (χ1) is 13.2. The molecule has 1 aromatic carbocycles. The third-order valence-electron chi connectivity index (χ3n) is 6.37. The number of para-hydroxylation sites is 1. The maximum absolute atomic E-state index is 12.4. The predicted octanol–water partition coefficient (Wildman–Crippen LogP) is 0.821. The Bertz CT molecular complexity index is 876. The van der Waals surface area contributed by atoms with Gasteiger partial charge in [0.15, 0.2) is 0 Å². The van der Waals surface area contributed by atoms with Crippen molar-refractivity contribution in [3.8, 4) is 0 Å². The number of ether oxygens (including phenoxy) is 2. The van der Waals surface area contributed by atoms with Gasteiger partial charge in [-0.05, 0) is 36.3 Å². The molecule has 1 aromatic heterocycles. The Morgan fingerprint density at radius 1 is 1.32 bits per heavy atom. The van der Waals surface area contributed by atoms with Gasteiger partial charge in [0.25, 0.3) is 0 Å². The van der Waals surface area contributed by atoms with Crippen LogP contribution in [0.5, 0.6) is 0 Å². The molecule has 3 atom stereocenters. The second kappa shape index (κ2) is 8.58. The van der Waals surface area contributed by atoms with Crippen LogP contribution in [0.4, 0.5) is 0 Å². The molecule has 5 nitrogen and oxygen atoms in total. The zero-order chi connectivity index (χ0) is 19.0. The number of nitrogens with zero attached hydrogens (tertiary/aromatic N) is 1. The summed E-state index contributed by atoms with van der Waals surface area (Å²) >= 11 is 0. The van der Waals surface area contributed by atoms with Crippen molar-refractivity contribution in [1.29, 1.82) is 0 Å². The highest BCUT2D eigenvalue weighted by Crippen LogP contribution is 2.45. The lowest BCUT2D eigenvalue weighted by molar-refractivity contribution is -0.137. The van der Waals surface area contributed by atoms with E-state index in [2.05, 4.69) is 41.1 Å². The smallest absolute Gasteiger partial charge is 0.337 e. The number of nitrogens with one attached hydrogen (secondary N) is 1. The molecule has 0 unspecified atom stereocenters. The molecule has 0 amide bonds. The Labute approximate surface area is 172 Å². The number of hydrogen-bond acceptors (Lipinski definition) is 4. The highest BCUT2D eigenvalue weighted by atomic mass is 35.5. The van der Waals surface area contributed by atoms with Gasteiger partial charge in [-0.15, -0.1) is 0 Å². The number of aromatic amines is 1. The van der Waals surface area contributed by atoms with Crippen molar-refractivity contribution in [2.45, 2.75) is 32.2 Å². The number of fused-ring (bicyclic) bond motifs is 5. The first kappa shape index (κ1) is 20.7. The predicted molar refractivity (Wildman–Crippen MR) is 105 cm³/mol. The SMILES string of the molecule is CC[C@@H]1CN2CCc3c([nH]c4ccccc34)[C@@H]2C[C@@H]1/C(=C\OC)C(=O)OC.[Cl-]. The fraction of sp³-hybridized carbons (Fsp3) is 0.500. The number of H-pyrrole nitrogens is 1. The van der Waals surface area contributed by atoms with Crippen LogP contribution >= 0.6 is 0 Å². The van der Waals surface area contributed by atoms with Gasteiger partial charge in [0.2, 0.25) is 0 Å². The molecule has 0 spiro atoms. The molecular formula is C22H28ClN2O3-. The number of esters is 1. The van der Waals surface area contributed by atoms with Crippen LogP contribution in [0.15, 0.2) is 36.1 Å². The fourth-order valence-corrected chi connectivity index (χ4v) is 5.04. The fourth-order valence-electron chi connectivity index (χ4n) is 5.04. The monoisotopic (exact) mass is 403 g/mol. The molecule has 6 heteroatoms. The Balaban J connectivity index is 0.00000225. The summed E-state index contributed by atoms with van der Waals surface area (Å²) in [5, 5.41) is 1.34. The maximum atomic E-state index is 12.4. The molecule has 2 aliphatic heterocycles. The van der Waals surface area contributed by atoms with Gasteiger partial charge in [-0.25, -0.2) is 4.79 Å². The zero-order valence-electron chi connectivity index (χ0n) is 16.7. The number of hydrogen-bond donors (Lipinski definition) is 1. The highest BCUT2D eigenvalue weighted by Gasteiger charge is 2.42. The lowest BCUT2D eigenvalue weighted by Gasteiger charge is -2.46. The molecule has 0 radical (unpaired) electrons. The van der Waals surface area contributed by atoms with Gasteiger partial charge >= 0.3 is 5.97 Å². The molecule has 2 aliphatic rings. The summed E-state index contributed by atoms with van der Waals surface area (Å²) in [7, 11) is 3.04. The summed E-state index contributed by atoms with van der Waals surface area (Å²) in [5.41, 5.74) is 4.63. The average Bonchev–Trinajstić information content (AvgIpc) is 3.09. The van der Waals surface area contributed by atoms with Crippen LogP contribution in [0.25, 0.3) is 10.9 Å². The molecular weight excluding hydrogens is 376 g/mol. The van der Waals surface area contributed by atoms with Gasteiger partial charge in [-0.1, -0.05) is 31.5 Å². The number of halogens is 1. The summed E-state index contributed by atoms with van der Waals surface area (Å²) in [5.74, 6) is 0.287. The number of methoxy groups -OCH3 is 2. The van der Waals surface area contributed by atoms with Gasteiger partial charge in [0.05, 0.1) is 32.1 Å². The summed E-state index contributed by atoms with van der Waals surface area (Å²) < 4.78 is 10.3. The molecule has 4 rings (SSSR count). The number of carbonyl (C=O) groups is 1. The Kier molecular flexibility index (Phi) is 6.36. The van der Waals surface area contributed by atoms with Crippen LogP contribution in [0.2, 0.25) is 0 Å². The summed E-state index contributed by atoms with van der Waals surface area (Å²) in [6.07, 6.45) is 4.60. The molecule has 0 aliphatic carbocycles. The standard InChI is InChI=1S/C22H28N2O3.ClH/c1-4-14-12-24-10-9-16-15-7-5-6-8-19(15)23-21(16)20(24)11-17(14)18(13-26-2)22(25)27-3;/h5-8,13-14,17,20,23H,4,9-12H2,1-3H3;1H/p-1/b18-13+;/t14-,17+,20+;/m1./s1. The molecule has 2 aromatic rings. The van der Waals surface area contributed by atoms with Crippen LogP contribution < -0.4 is 12.4 Å². The maximum Gasteiger partial charge on any atom is 0.337 e. The number of carbonyl (C=O) groups excluding carboxylic acids is 1. The van der Waals surface area contributed by atoms with Crippen LogP contribution in [0.3, 0.4) is 0 Å². The summed E-state index contributed by atoms with van der Waals surface area (Å²) in [6, 6.07) is 8.85. The van der Waals surface area contributed by atoms with Crippen LogP contribution in [0, 0.1) is 11.8 Å². The second-order valence-corrected chi connectivity index (χ2v) is 7.63. The highest BCUT2D eigenvalue weighted by molar-refractivity contribution is 5.89. The lowest BCUT2D eigenvalue weighted by Crippen LogP contribution is -3.00. The van der Waals surface area contributed by atoms with E-state index in [1.165, 1.54) is 29.3 Å². The van der Waals surface area contributed by atoms with E-state index < -0.39 is 0 Å². The van der Waals surface area contributed by atoms with Gasteiger partial charge in [0, 0.05) is 29.7 Å². The Morgan fingerprint density at radius 3 is 2.82 bits per heavy atom. The first-order valence-corrected chi connectivity index (χ1v) is 9.82. The molecule has 1 saturated heterocycles. The van der Waals surface area contributed by atoms with Crippen molar-refractivity contribution < 1.29 is 26.7 Å². The van der Waals surface area contributed by atoms with Crippen molar-refractivity contribution >= 4 is 16.9 Å². The van der Waals surface area contributed by atoms with Gasteiger partial charge < -0.3 is 26.9 Å². The van der Waals surface area contributed by atoms with E-state index in [1.54, 1.807) is 13.4 Å². The van der Waals surface area contributed by atoms with Crippen LogP contribution in [-0.4, -0.2) is 43.2 Å². The third kappa shape index (κ3) is 3.42. The number of rotatable bonds is 4. The minimum Gasteiger partial charge on any atom is -1.00 e. The van der Waals surface area contributed by atoms with Gasteiger partial charge in [-0.3, -0.25) is 4.90 Å². The molecule has 28 heavy (non-hydrogen) atoms. The van der Waals surface area contributed by atoms with E-state index in [0.29, 0.717) is 17.5 Å². The number of benzene rings is 1. The molecule has 3 heterocycles.